The molecule has 1 aromatic heterocycles. The van der Waals surface area contributed by atoms with Crippen molar-refractivity contribution in [2.24, 2.45) is 0 Å². The van der Waals surface area contributed by atoms with Gasteiger partial charge in [0.15, 0.2) is 0 Å². The van der Waals surface area contributed by atoms with Gasteiger partial charge in [0, 0.05) is 16.7 Å². The SMILES string of the molecule is N#Cc1ccc(-n2nc(-c3ccccc3)cc2NC(=O)c2cc(Cl)ccc2F)cc1. The zero-order valence-corrected chi connectivity index (χ0v) is 16.3. The topological polar surface area (TPSA) is 70.7 Å². The van der Waals surface area contributed by atoms with E-state index in [-0.39, 0.29) is 10.6 Å². The summed E-state index contributed by atoms with van der Waals surface area (Å²) in [5, 5.41) is 16.6. The van der Waals surface area contributed by atoms with Crippen LogP contribution in [-0.4, -0.2) is 15.7 Å². The normalized spacial score (nSPS) is 10.4. The standard InChI is InChI=1S/C23H14ClFN4O/c24-17-8-11-20(25)19(12-17)23(30)27-22-13-21(16-4-2-1-3-5-16)28-29(22)18-9-6-15(14-26)7-10-18/h1-13H,(H,27,30). The second-order valence-electron chi connectivity index (χ2n) is 6.43. The summed E-state index contributed by atoms with van der Waals surface area (Å²) >= 11 is 5.91. The van der Waals surface area contributed by atoms with Gasteiger partial charge < -0.3 is 5.32 Å². The maximum Gasteiger partial charge on any atom is 0.259 e. The van der Waals surface area contributed by atoms with Crippen LogP contribution in [0.25, 0.3) is 16.9 Å². The number of aromatic nitrogens is 2. The molecule has 1 amide bonds. The van der Waals surface area contributed by atoms with E-state index in [1.54, 1.807) is 30.3 Å². The molecule has 0 atom stereocenters. The molecule has 146 valence electrons. The lowest BCUT2D eigenvalue weighted by Gasteiger charge is -2.09. The lowest BCUT2D eigenvalue weighted by Crippen LogP contribution is -2.16. The molecule has 0 fully saturated rings. The molecule has 1 N–H and O–H groups in total. The van der Waals surface area contributed by atoms with E-state index >= 15 is 0 Å². The summed E-state index contributed by atoms with van der Waals surface area (Å²) in [4.78, 5) is 12.7. The fourth-order valence-corrected chi connectivity index (χ4v) is 3.12. The molecule has 0 unspecified atom stereocenters. The van der Waals surface area contributed by atoms with Crippen LogP contribution in [0.2, 0.25) is 5.02 Å². The highest BCUT2D eigenvalue weighted by atomic mass is 35.5. The second kappa shape index (κ2) is 8.19. The average Bonchev–Trinajstić information content (AvgIpc) is 3.19. The summed E-state index contributed by atoms with van der Waals surface area (Å²) in [5.74, 6) is -0.975. The first-order valence-electron chi connectivity index (χ1n) is 8.97. The first-order chi connectivity index (χ1) is 14.5. The van der Waals surface area contributed by atoms with Crippen molar-refractivity contribution in [2.75, 3.05) is 5.32 Å². The van der Waals surface area contributed by atoms with Gasteiger partial charge in [-0.15, -0.1) is 0 Å². The van der Waals surface area contributed by atoms with Crippen molar-refractivity contribution in [1.29, 1.82) is 5.26 Å². The number of halogens is 2. The van der Waals surface area contributed by atoms with Gasteiger partial charge in [0.1, 0.15) is 11.6 Å². The quantitative estimate of drug-likeness (QED) is 0.480. The number of hydrogen-bond acceptors (Lipinski definition) is 3. The molecule has 0 spiro atoms. The number of benzene rings is 3. The van der Waals surface area contributed by atoms with Crippen LogP contribution in [0.15, 0.2) is 78.9 Å². The zero-order chi connectivity index (χ0) is 21.1. The Bertz CT molecular complexity index is 1260. The van der Waals surface area contributed by atoms with Gasteiger partial charge in [-0.2, -0.15) is 10.4 Å². The lowest BCUT2D eigenvalue weighted by atomic mass is 10.1. The van der Waals surface area contributed by atoms with E-state index < -0.39 is 11.7 Å². The van der Waals surface area contributed by atoms with Crippen LogP contribution in [0.5, 0.6) is 0 Å². The van der Waals surface area contributed by atoms with Gasteiger partial charge in [0.05, 0.1) is 28.6 Å². The van der Waals surface area contributed by atoms with E-state index in [0.717, 1.165) is 11.6 Å². The minimum atomic E-state index is -0.676. The van der Waals surface area contributed by atoms with E-state index in [1.165, 1.54) is 16.8 Å². The Morgan fingerprint density at radius 1 is 1.03 bits per heavy atom. The summed E-state index contributed by atoms with van der Waals surface area (Å²) in [7, 11) is 0. The Morgan fingerprint density at radius 2 is 1.77 bits per heavy atom. The third-order valence-electron chi connectivity index (χ3n) is 4.43. The summed E-state index contributed by atoms with van der Waals surface area (Å²) in [6, 6.07) is 23.8. The fourth-order valence-electron chi connectivity index (χ4n) is 2.95. The van der Waals surface area contributed by atoms with Crippen molar-refractivity contribution >= 4 is 23.3 Å². The molecule has 0 radical (unpaired) electrons. The van der Waals surface area contributed by atoms with Crippen LogP contribution in [0.3, 0.4) is 0 Å². The van der Waals surface area contributed by atoms with E-state index in [4.69, 9.17) is 16.9 Å². The van der Waals surface area contributed by atoms with Gasteiger partial charge in [-0.25, -0.2) is 9.07 Å². The van der Waals surface area contributed by atoms with Crippen molar-refractivity contribution in [3.05, 3.63) is 101 Å². The number of hydrogen-bond donors (Lipinski definition) is 1. The minimum absolute atomic E-state index is 0.170. The van der Waals surface area contributed by atoms with Gasteiger partial charge in [0.2, 0.25) is 0 Å². The maximum absolute atomic E-state index is 14.1. The zero-order valence-electron chi connectivity index (χ0n) is 15.5. The number of rotatable bonds is 4. The molecule has 30 heavy (non-hydrogen) atoms. The Balaban J connectivity index is 1.77. The van der Waals surface area contributed by atoms with Gasteiger partial charge >= 0.3 is 0 Å². The van der Waals surface area contributed by atoms with E-state index in [9.17, 15) is 9.18 Å². The second-order valence-corrected chi connectivity index (χ2v) is 6.87. The van der Waals surface area contributed by atoms with Crippen molar-refractivity contribution < 1.29 is 9.18 Å². The van der Waals surface area contributed by atoms with Crippen LogP contribution < -0.4 is 5.32 Å². The Hall–Kier alpha value is -3.95. The maximum atomic E-state index is 14.1. The molecule has 0 aliphatic rings. The summed E-state index contributed by atoms with van der Waals surface area (Å²) in [5.41, 5.74) is 2.45. The number of carbonyl (C=O) groups excluding carboxylic acids is 1. The Labute approximate surface area is 177 Å². The van der Waals surface area contributed by atoms with Gasteiger partial charge in [-0.1, -0.05) is 41.9 Å². The molecule has 4 aromatic rings. The smallest absolute Gasteiger partial charge is 0.259 e. The molecule has 4 rings (SSSR count). The molecule has 1 heterocycles. The number of nitriles is 1. The van der Waals surface area contributed by atoms with E-state index in [0.29, 0.717) is 22.8 Å². The molecule has 0 saturated carbocycles. The van der Waals surface area contributed by atoms with Gasteiger partial charge in [0.25, 0.3) is 5.91 Å². The van der Waals surface area contributed by atoms with Crippen molar-refractivity contribution in [3.8, 4) is 23.0 Å². The third-order valence-corrected chi connectivity index (χ3v) is 4.67. The highest BCUT2D eigenvalue weighted by molar-refractivity contribution is 6.31. The summed E-state index contributed by atoms with van der Waals surface area (Å²) in [6.07, 6.45) is 0. The fraction of sp³-hybridized carbons (Fsp3) is 0. The first-order valence-corrected chi connectivity index (χ1v) is 9.35. The van der Waals surface area contributed by atoms with Gasteiger partial charge in [-0.3, -0.25) is 4.79 Å². The largest absolute Gasteiger partial charge is 0.306 e. The van der Waals surface area contributed by atoms with Crippen molar-refractivity contribution in [3.63, 3.8) is 0 Å². The number of amides is 1. The molecular weight excluding hydrogens is 403 g/mol. The lowest BCUT2D eigenvalue weighted by molar-refractivity contribution is 0.102. The van der Waals surface area contributed by atoms with Crippen LogP contribution >= 0.6 is 11.6 Å². The van der Waals surface area contributed by atoms with Crippen molar-refractivity contribution in [2.45, 2.75) is 0 Å². The molecule has 0 aliphatic carbocycles. The van der Waals surface area contributed by atoms with Crippen LogP contribution in [-0.2, 0) is 0 Å². The number of nitrogens with one attached hydrogen (secondary N) is 1. The molecule has 0 bridgehead atoms. The Morgan fingerprint density at radius 3 is 2.47 bits per heavy atom. The molecular formula is C23H14ClFN4O. The third kappa shape index (κ3) is 3.93. The monoisotopic (exact) mass is 416 g/mol. The molecule has 0 aliphatic heterocycles. The van der Waals surface area contributed by atoms with Crippen LogP contribution in [0.1, 0.15) is 15.9 Å². The van der Waals surface area contributed by atoms with Crippen LogP contribution in [0.4, 0.5) is 10.2 Å². The van der Waals surface area contributed by atoms with Crippen molar-refractivity contribution in [1.82, 2.24) is 9.78 Å². The van der Waals surface area contributed by atoms with Gasteiger partial charge in [-0.05, 0) is 42.5 Å². The predicted octanol–water partition coefficient (Wildman–Crippen LogP) is 5.46. The highest BCUT2D eigenvalue weighted by Crippen LogP contribution is 2.26. The molecule has 0 saturated heterocycles. The predicted molar refractivity (Wildman–Crippen MR) is 113 cm³/mol. The number of anilines is 1. The molecule has 3 aromatic carbocycles. The average molecular weight is 417 g/mol. The number of carbonyl (C=O) groups is 1. The van der Waals surface area contributed by atoms with E-state index in [1.807, 2.05) is 30.3 Å². The molecule has 7 heteroatoms. The molecule has 5 nitrogen and oxygen atoms in total. The van der Waals surface area contributed by atoms with E-state index in [2.05, 4.69) is 16.5 Å². The summed E-state index contributed by atoms with van der Waals surface area (Å²) < 4.78 is 15.7. The number of nitrogens with zero attached hydrogens (tertiary/aromatic N) is 3. The Kier molecular flexibility index (Phi) is 5.29. The minimum Gasteiger partial charge on any atom is -0.306 e. The first kappa shape index (κ1) is 19.4. The van der Waals surface area contributed by atoms with Crippen LogP contribution in [0, 0.1) is 17.1 Å². The highest BCUT2D eigenvalue weighted by Gasteiger charge is 2.17. The summed E-state index contributed by atoms with van der Waals surface area (Å²) in [6.45, 7) is 0.